The van der Waals surface area contributed by atoms with Gasteiger partial charge in [0.1, 0.15) is 11.5 Å². The summed E-state index contributed by atoms with van der Waals surface area (Å²) in [6.45, 7) is 2.63. The van der Waals surface area contributed by atoms with E-state index in [-0.39, 0.29) is 12.5 Å². The van der Waals surface area contributed by atoms with E-state index in [1.165, 1.54) is 0 Å². The van der Waals surface area contributed by atoms with E-state index in [0.29, 0.717) is 28.1 Å². The van der Waals surface area contributed by atoms with Gasteiger partial charge in [-0.2, -0.15) is 0 Å². The first kappa shape index (κ1) is 18.4. The zero-order valence-electron chi connectivity index (χ0n) is 13.4. The Balaban J connectivity index is 1.87. The second-order valence-corrected chi connectivity index (χ2v) is 5.90. The van der Waals surface area contributed by atoms with E-state index < -0.39 is 0 Å². The molecule has 0 aliphatic heterocycles. The molecule has 2 rings (SSSR count). The molecule has 1 amide bonds. The average Bonchev–Trinajstić information content (AvgIpc) is 2.58. The van der Waals surface area contributed by atoms with Crippen LogP contribution in [0.2, 0.25) is 10.0 Å². The van der Waals surface area contributed by atoms with Gasteiger partial charge in [-0.1, -0.05) is 48.7 Å². The highest BCUT2D eigenvalue weighted by atomic mass is 35.5. The highest BCUT2D eigenvalue weighted by molar-refractivity contribution is 6.43. The molecule has 0 aromatic heterocycles. The van der Waals surface area contributed by atoms with Crippen molar-refractivity contribution >= 4 is 34.8 Å². The van der Waals surface area contributed by atoms with Gasteiger partial charge < -0.3 is 14.8 Å². The van der Waals surface area contributed by atoms with Crippen molar-refractivity contribution in [2.75, 3.05) is 18.5 Å². The molecule has 0 bridgehead atoms. The molecule has 128 valence electrons. The second kappa shape index (κ2) is 9.40. The van der Waals surface area contributed by atoms with Crippen molar-refractivity contribution in [1.82, 2.24) is 0 Å². The lowest BCUT2D eigenvalue weighted by Crippen LogP contribution is -2.20. The average molecular weight is 368 g/mol. The first-order valence-corrected chi connectivity index (χ1v) is 8.45. The lowest BCUT2D eigenvalue weighted by Gasteiger charge is -2.11. The van der Waals surface area contributed by atoms with E-state index in [9.17, 15) is 4.79 Å². The summed E-state index contributed by atoms with van der Waals surface area (Å²) in [4.78, 5) is 12.0. The van der Waals surface area contributed by atoms with Gasteiger partial charge in [0.2, 0.25) is 0 Å². The fraction of sp³-hybridized carbons (Fsp3) is 0.278. The van der Waals surface area contributed by atoms with Crippen LogP contribution < -0.4 is 14.8 Å². The predicted octanol–water partition coefficient (Wildman–Crippen LogP) is 5.19. The molecular weight excluding hydrogens is 349 g/mol. The SMILES string of the molecule is CCCCOc1cccc(OCC(=O)Nc2cccc(Cl)c2Cl)c1. The zero-order valence-corrected chi connectivity index (χ0v) is 14.9. The number of carbonyl (C=O) groups is 1. The van der Waals surface area contributed by atoms with Gasteiger partial charge in [0, 0.05) is 6.07 Å². The molecule has 0 spiro atoms. The first-order chi connectivity index (χ1) is 11.6. The van der Waals surface area contributed by atoms with Gasteiger partial charge in [-0.05, 0) is 30.7 Å². The zero-order chi connectivity index (χ0) is 17.4. The Bertz CT molecular complexity index is 692. The van der Waals surface area contributed by atoms with E-state index in [4.69, 9.17) is 32.7 Å². The van der Waals surface area contributed by atoms with Crippen LogP contribution in [0.15, 0.2) is 42.5 Å². The molecule has 0 radical (unpaired) electrons. The van der Waals surface area contributed by atoms with Gasteiger partial charge in [-0.3, -0.25) is 4.79 Å². The third kappa shape index (κ3) is 5.62. The van der Waals surface area contributed by atoms with Crippen LogP contribution in [0.3, 0.4) is 0 Å². The third-order valence-corrected chi connectivity index (χ3v) is 3.99. The van der Waals surface area contributed by atoms with Crippen LogP contribution in [0.4, 0.5) is 5.69 Å². The minimum Gasteiger partial charge on any atom is -0.493 e. The van der Waals surface area contributed by atoms with E-state index in [1.807, 2.05) is 12.1 Å². The third-order valence-electron chi connectivity index (χ3n) is 3.17. The van der Waals surface area contributed by atoms with Crippen molar-refractivity contribution in [2.24, 2.45) is 0 Å². The van der Waals surface area contributed by atoms with Crippen molar-refractivity contribution in [3.63, 3.8) is 0 Å². The summed E-state index contributed by atoms with van der Waals surface area (Å²) < 4.78 is 11.1. The normalized spacial score (nSPS) is 10.3. The quantitative estimate of drug-likeness (QED) is 0.653. The van der Waals surface area contributed by atoms with E-state index in [1.54, 1.807) is 30.3 Å². The maximum Gasteiger partial charge on any atom is 0.262 e. The van der Waals surface area contributed by atoms with Crippen LogP contribution in [0.25, 0.3) is 0 Å². The molecule has 6 heteroatoms. The van der Waals surface area contributed by atoms with Crippen molar-refractivity contribution < 1.29 is 14.3 Å². The van der Waals surface area contributed by atoms with Crippen LogP contribution in [0.5, 0.6) is 11.5 Å². The minimum absolute atomic E-state index is 0.138. The number of ether oxygens (including phenoxy) is 2. The van der Waals surface area contributed by atoms with Crippen molar-refractivity contribution in [3.8, 4) is 11.5 Å². The minimum atomic E-state index is -0.323. The lowest BCUT2D eigenvalue weighted by atomic mass is 10.3. The highest BCUT2D eigenvalue weighted by Gasteiger charge is 2.09. The number of nitrogens with one attached hydrogen (secondary N) is 1. The molecule has 1 N–H and O–H groups in total. The molecular formula is C18H19Cl2NO3. The van der Waals surface area contributed by atoms with E-state index in [0.717, 1.165) is 18.6 Å². The number of unbranched alkanes of at least 4 members (excludes halogenated alkanes) is 1. The maximum atomic E-state index is 12.0. The largest absolute Gasteiger partial charge is 0.493 e. The fourth-order valence-corrected chi connectivity index (χ4v) is 2.27. The van der Waals surface area contributed by atoms with Crippen molar-refractivity contribution in [3.05, 3.63) is 52.5 Å². The summed E-state index contributed by atoms with van der Waals surface area (Å²) in [5.41, 5.74) is 0.453. The number of benzene rings is 2. The molecule has 0 aliphatic carbocycles. The van der Waals surface area contributed by atoms with Gasteiger partial charge in [-0.25, -0.2) is 0 Å². The summed E-state index contributed by atoms with van der Waals surface area (Å²) in [5, 5.41) is 3.35. The van der Waals surface area contributed by atoms with Gasteiger partial charge in [0.25, 0.3) is 5.91 Å². The Labute approximate surface area is 151 Å². The van der Waals surface area contributed by atoms with Gasteiger partial charge in [0.15, 0.2) is 6.61 Å². The molecule has 0 fully saturated rings. The summed E-state index contributed by atoms with van der Waals surface area (Å²) >= 11 is 11.9. The van der Waals surface area contributed by atoms with Crippen LogP contribution in [0.1, 0.15) is 19.8 Å². The van der Waals surface area contributed by atoms with Gasteiger partial charge in [-0.15, -0.1) is 0 Å². The molecule has 0 unspecified atom stereocenters. The molecule has 4 nitrogen and oxygen atoms in total. The number of anilines is 1. The van der Waals surface area contributed by atoms with Crippen LogP contribution in [-0.4, -0.2) is 19.1 Å². The number of amides is 1. The smallest absolute Gasteiger partial charge is 0.262 e. The summed E-state index contributed by atoms with van der Waals surface area (Å²) in [5.74, 6) is 0.965. The van der Waals surface area contributed by atoms with Gasteiger partial charge >= 0.3 is 0 Å². The summed E-state index contributed by atoms with van der Waals surface area (Å²) in [7, 11) is 0. The molecule has 0 saturated carbocycles. The maximum absolute atomic E-state index is 12.0. The Morgan fingerprint density at radius 2 is 1.79 bits per heavy atom. The number of rotatable bonds is 8. The Kier molecular flexibility index (Phi) is 7.22. The van der Waals surface area contributed by atoms with Crippen molar-refractivity contribution in [2.45, 2.75) is 19.8 Å². The van der Waals surface area contributed by atoms with Crippen molar-refractivity contribution in [1.29, 1.82) is 0 Å². The molecule has 0 aliphatic rings. The second-order valence-electron chi connectivity index (χ2n) is 5.12. The number of hydrogen-bond acceptors (Lipinski definition) is 3. The summed E-state index contributed by atoms with van der Waals surface area (Å²) in [6.07, 6.45) is 2.07. The Morgan fingerprint density at radius 3 is 2.54 bits per heavy atom. The first-order valence-electron chi connectivity index (χ1n) is 7.69. The Hall–Kier alpha value is -1.91. The van der Waals surface area contributed by atoms with E-state index >= 15 is 0 Å². The molecule has 2 aromatic carbocycles. The van der Waals surface area contributed by atoms with E-state index in [2.05, 4.69) is 12.2 Å². The predicted molar refractivity (Wildman–Crippen MR) is 97.4 cm³/mol. The van der Waals surface area contributed by atoms with Crippen LogP contribution in [0, 0.1) is 0 Å². The topological polar surface area (TPSA) is 47.6 Å². The van der Waals surface area contributed by atoms with Crippen LogP contribution >= 0.6 is 23.2 Å². The number of hydrogen-bond donors (Lipinski definition) is 1. The highest BCUT2D eigenvalue weighted by Crippen LogP contribution is 2.29. The van der Waals surface area contributed by atoms with Crippen LogP contribution in [-0.2, 0) is 4.79 Å². The van der Waals surface area contributed by atoms with Gasteiger partial charge in [0.05, 0.1) is 22.3 Å². The fourth-order valence-electron chi connectivity index (χ4n) is 1.92. The molecule has 0 atom stereocenters. The molecule has 24 heavy (non-hydrogen) atoms. The lowest BCUT2D eigenvalue weighted by molar-refractivity contribution is -0.118. The molecule has 2 aromatic rings. The monoisotopic (exact) mass is 367 g/mol. The number of carbonyl (C=O) groups excluding carboxylic acids is 1. The standard InChI is InChI=1S/C18H19Cl2NO3/c1-2-3-10-23-13-6-4-7-14(11-13)24-12-17(22)21-16-9-5-8-15(19)18(16)20/h4-9,11H,2-3,10,12H2,1H3,(H,21,22). The Morgan fingerprint density at radius 1 is 1.08 bits per heavy atom. The number of halogens is 2. The summed E-state index contributed by atoms with van der Waals surface area (Å²) in [6, 6.07) is 12.2. The molecule has 0 saturated heterocycles. The molecule has 0 heterocycles.